The van der Waals surface area contributed by atoms with Crippen molar-refractivity contribution in [3.8, 4) is 0 Å². The fourth-order valence-corrected chi connectivity index (χ4v) is 1.73. The van der Waals surface area contributed by atoms with E-state index in [1.165, 1.54) is 6.33 Å². The van der Waals surface area contributed by atoms with E-state index in [9.17, 15) is 0 Å². The first-order valence-corrected chi connectivity index (χ1v) is 5.73. The number of anilines is 1. The maximum atomic E-state index is 5.98. The Hall–Kier alpha value is -0.830. The molecule has 0 aromatic carbocycles. The molecule has 0 aliphatic carbocycles. The van der Waals surface area contributed by atoms with Crippen LogP contribution in [0.5, 0.6) is 0 Å². The van der Waals surface area contributed by atoms with Gasteiger partial charge in [0.2, 0.25) is 0 Å². The lowest BCUT2D eigenvalue weighted by Gasteiger charge is -2.29. The Kier molecular flexibility index (Phi) is 4.33. The highest BCUT2D eigenvalue weighted by Crippen LogP contribution is 2.23. The van der Waals surface area contributed by atoms with Gasteiger partial charge in [-0.1, -0.05) is 18.5 Å². The SMILES string of the molecule is CCC(C)N(CC)c1ncnc(Cl)c1C. The van der Waals surface area contributed by atoms with Gasteiger partial charge < -0.3 is 4.90 Å². The summed E-state index contributed by atoms with van der Waals surface area (Å²) in [7, 11) is 0. The van der Waals surface area contributed by atoms with Crippen molar-refractivity contribution in [1.29, 1.82) is 0 Å². The fourth-order valence-electron chi connectivity index (χ4n) is 1.60. The van der Waals surface area contributed by atoms with Crippen molar-refractivity contribution in [2.24, 2.45) is 0 Å². The van der Waals surface area contributed by atoms with Crippen molar-refractivity contribution >= 4 is 17.4 Å². The molecule has 0 saturated carbocycles. The van der Waals surface area contributed by atoms with E-state index in [1.807, 2.05) is 6.92 Å². The quantitative estimate of drug-likeness (QED) is 0.741. The zero-order valence-corrected chi connectivity index (χ0v) is 10.5. The molecule has 1 heterocycles. The molecule has 84 valence electrons. The van der Waals surface area contributed by atoms with Crippen LogP contribution in [-0.4, -0.2) is 22.6 Å². The van der Waals surface area contributed by atoms with Gasteiger partial charge in [-0.15, -0.1) is 0 Å². The molecule has 1 aromatic heterocycles. The van der Waals surface area contributed by atoms with Gasteiger partial charge in [0.15, 0.2) is 0 Å². The predicted octanol–water partition coefficient (Wildman–Crippen LogP) is 3.06. The molecule has 4 heteroatoms. The summed E-state index contributed by atoms with van der Waals surface area (Å²) in [6.07, 6.45) is 2.62. The van der Waals surface area contributed by atoms with Crippen LogP contribution in [0.3, 0.4) is 0 Å². The Morgan fingerprint density at radius 2 is 2.07 bits per heavy atom. The molecular weight excluding hydrogens is 210 g/mol. The smallest absolute Gasteiger partial charge is 0.137 e. The first-order chi connectivity index (χ1) is 7.11. The van der Waals surface area contributed by atoms with Crippen molar-refractivity contribution in [2.45, 2.75) is 40.2 Å². The second-order valence-electron chi connectivity index (χ2n) is 3.66. The average Bonchev–Trinajstić information content (AvgIpc) is 2.24. The molecule has 0 bridgehead atoms. The Morgan fingerprint density at radius 1 is 1.40 bits per heavy atom. The van der Waals surface area contributed by atoms with Crippen LogP contribution < -0.4 is 4.90 Å². The monoisotopic (exact) mass is 227 g/mol. The molecule has 15 heavy (non-hydrogen) atoms. The molecule has 1 rings (SSSR count). The van der Waals surface area contributed by atoms with E-state index >= 15 is 0 Å². The van der Waals surface area contributed by atoms with E-state index in [0.29, 0.717) is 11.2 Å². The highest BCUT2D eigenvalue weighted by molar-refractivity contribution is 6.30. The predicted molar refractivity (Wildman–Crippen MR) is 64.6 cm³/mol. The molecule has 0 radical (unpaired) electrons. The van der Waals surface area contributed by atoms with Gasteiger partial charge in [0.25, 0.3) is 0 Å². The maximum absolute atomic E-state index is 5.98. The van der Waals surface area contributed by atoms with Crippen LogP contribution in [0.1, 0.15) is 32.8 Å². The minimum atomic E-state index is 0.472. The van der Waals surface area contributed by atoms with Crippen molar-refractivity contribution in [3.05, 3.63) is 17.0 Å². The summed E-state index contributed by atoms with van der Waals surface area (Å²) in [5.74, 6) is 0.951. The largest absolute Gasteiger partial charge is 0.354 e. The number of halogens is 1. The highest BCUT2D eigenvalue weighted by atomic mass is 35.5. The summed E-state index contributed by atoms with van der Waals surface area (Å²) in [5.41, 5.74) is 0.960. The Balaban J connectivity index is 3.07. The number of nitrogens with zero attached hydrogens (tertiary/aromatic N) is 3. The molecule has 0 N–H and O–H groups in total. The summed E-state index contributed by atoms with van der Waals surface area (Å²) < 4.78 is 0. The molecule has 0 amide bonds. The van der Waals surface area contributed by atoms with Gasteiger partial charge in [-0.2, -0.15) is 0 Å². The van der Waals surface area contributed by atoms with Crippen LogP contribution in [0.4, 0.5) is 5.82 Å². The van der Waals surface area contributed by atoms with Gasteiger partial charge in [0.1, 0.15) is 17.3 Å². The number of aromatic nitrogens is 2. The van der Waals surface area contributed by atoms with E-state index in [4.69, 9.17) is 11.6 Å². The molecule has 3 nitrogen and oxygen atoms in total. The lowest BCUT2D eigenvalue weighted by atomic mass is 10.2. The topological polar surface area (TPSA) is 29.0 Å². The summed E-state index contributed by atoms with van der Waals surface area (Å²) >= 11 is 5.98. The van der Waals surface area contributed by atoms with E-state index in [0.717, 1.165) is 24.3 Å². The van der Waals surface area contributed by atoms with Crippen LogP contribution in [0.25, 0.3) is 0 Å². The van der Waals surface area contributed by atoms with Crippen molar-refractivity contribution < 1.29 is 0 Å². The summed E-state index contributed by atoms with van der Waals surface area (Å²) in [6.45, 7) is 9.39. The van der Waals surface area contributed by atoms with Gasteiger partial charge in [-0.25, -0.2) is 9.97 Å². The molecular formula is C11H18ClN3. The van der Waals surface area contributed by atoms with Crippen molar-refractivity contribution in [1.82, 2.24) is 9.97 Å². The van der Waals surface area contributed by atoms with Crippen LogP contribution in [0.15, 0.2) is 6.33 Å². The van der Waals surface area contributed by atoms with Crippen LogP contribution in [0, 0.1) is 6.92 Å². The first-order valence-electron chi connectivity index (χ1n) is 5.35. The standard InChI is InChI=1S/C11H18ClN3/c1-5-8(3)15(6-2)11-9(4)10(12)13-7-14-11/h7-8H,5-6H2,1-4H3. The first kappa shape index (κ1) is 12.2. The maximum Gasteiger partial charge on any atom is 0.137 e. The zero-order valence-electron chi connectivity index (χ0n) is 9.79. The molecule has 0 fully saturated rings. The fraction of sp³-hybridized carbons (Fsp3) is 0.636. The molecule has 0 aliphatic rings. The van der Waals surface area contributed by atoms with E-state index in [-0.39, 0.29) is 0 Å². The van der Waals surface area contributed by atoms with Gasteiger partial charge >= 0.3 is 0 Å². The average molecular weight is 228 g/mol. The lowest BCUT2D eigenvalue weighted by Crippen LogP contribution is -2.33. The zero-order chi connectivity index (χ0) is 11.4. The van der Waals surface area contributed by atoms with E-state index < -0.39 is 0 Å². The van der Waals surface area contributed by atoms with Crippen LogP contribution in [0.2, 0.25) is 5.15 Å². The highest BCUT2D eigenvalue weighted by Gasteiger charge is 2.16. The minimum absolute atomic E-state index is 0.472. The molecule has 0 saturated heterocycles. The lowest BCUT2D eigenvalue weighted by molar-refractivity contribution is 0.620. The molecule has 1 unspecified atom stereocenters. The van der Waals surface area contributed by atoms with Crippen LogP contribution >= 0.6 is 11.6 Å². The van der Waals surface area contributed by atoms with Crippen molar-refractivity contribution in [3.63, 3.8) is 0 Å². The summed E-state index contributed by atoms with van der Waals surface area (Å²) in [6, 6.07) is 0.472. The second-order valence-corrected chi connectivity index (χ2v) is 4.01. The molecule has 0 spiro atoms. The second kappa shape index (κ2) is 5.31. The summed E-state index contributed by atoms with van der Waals surface area (Å²) in [5, 5.41) is 0.543. The third kappa shape index (κ3) is 2.59. The Labute approximate surface area is 96.5 Å². The third-order valence-corrected chi connectivity index (χ3v) is 3.11. The van der Waals surface area contributed by atoms with E-state index in [1.54, 1.807) is 0 Å². The number of hydrogen-bond acceptors (Lipinski definition) is 3. The van der Waals surface area contributed by atoms with E-state index in [2.05, 4.69) is 35.6 Å². The Bertz CT molecular complexity index is 328. The van der Waals surface area contributed by atoms with Gasteiger partial charge in [-0.3, -0.25) is 0 Å². The van der Waals surface area contributed by atoms with Crippen LogP contribution in [-0.2, 0) is 0 Å². The Morgan fingerprint density at radius 3 is 2.60 bits per heavy atom. The molecule has 1 aromatic rings. The third-order valence-electron chi connectivity index (χ3n) is 2.73. The minimum Gasteiger partial charge on any atom is -0.354 e. The van der Waals surface area contributed by atoms with Gasteiger partial charge in [0, 0.05) is 18.2 Å². The van der Waals surface area contributed by atoms with Gasteiger partial charge in [-0.05, 0) is 27.2 Å². The van der Waals surface area contributed by atoms with Crippen molar-refractivity contribution in [2.75, 3.05) is 11.4 Å². The number of hydrogen-bond donors (Lipinski definition) is 0. The molecule has 1 atom stereocenters. The van der Waals surface area contributed by atoms with Gasteiger partial charge in [0.05, 0.1) is 0 Å². The summed E-state index contributed by atoms with van der Waals surface area (Å²) in [4.78, 5) is 10.5. The molecule has 0 aliphatic heterocycles. The normalized spacial score (nSPS) is 12.6. The number of rotatable bonds is 4.